The van der Waals surface area contributed by atoms with E-state index >= 15 is 0 Å². The number of anilines is 1. The lowest BCUT2D eigenvalue weighted by molar-refractivity contribution is 0.143. The molecule has 3 rings (SSSR count). The van der Waals surface area contributed by atoms with Crippen LogP contribution in [0.5, 0.6) is 0 Å². The molecular weight excluding hydrogens is 307 g/mol. The number of pyridine rings is 1. The fraction of sp³-hybridized carbons (Fsp3) is 0.333. The van der Waals surface area contributed by atoms with Crippen molar-refractivity contribution in [2.45, 2.75) is 13.5 Å². The molecule has 126 valence electrons. The van der Waals surface area contributed by atoms with Crippen molar-refractivity contribution in [1.29, 1.82) is 0 Å². The van der Waals surface area contributed by atoms with E-state index in [0.29, 0.717) is 24.3 Å². The lowest BCUT2D eigenvalue weighted by Crippen LogP contribution is -2.49. The van der Waals surface area contributed by atoms with Crippen molar-refractivity contribution in [2.24, 2.45) is 0 Å². The third-order valence-electron chi connectivity index (χ3n) is 4.24. The van der Waals surface area contributed by atoms with Crippen LogP contribution in [0.1, 0.15) is 11.1 Å². The second kappa shape index (κ2) is 7.40. The first-order valence-corrected chi connectivity index (χ1v) is 8.05. The van der Waals surface area contributed by atoms with Gasteiger partial charge in [-0.1, -0.05) is 6.07 Å². The Hall–Kier alpha value is -2.47. The molecule has 1 aromatic carbocycles. The molecule has 1 aliphatic heterocycles. The van der Waals surface area contributed by atoms with Crippen LogP contribution in [-0.4, -0.2) is 47.0 Å². The molecule has 0 saturated carbocycles. The van der Waals surface area contributed by atoms with E-state index in [2.05, 4.69) is 15.2 Å². The molecular formula is C18H21FN4O. The molecule has 2 heterocycles. The number of nitrogens with zero attached hydrogens (tertiary/aromatic N) is 3. The molecule has 0 aliphatic carbocycles. The topological polar surface area (TPSA) is 48.5 Å². The SMILES string of the molecule is Cc1ccc(NC(=O)N2CCN(Cc3ccncc3)CC2)cc1F. The Kier molecular flexibility index (Phi) is 5.05. The van der Waals surface area contributed by atoms with Gasteiger partial charge in [-0.2, -0.15) is 0 Å². The molecule has 0 spiro atoms. The van der Waals surface area contributed by atoms with Crippen molar-refractivity contribution in [3.05, 3.63) is 59.7 Å². The first kappa shape index (κ1) is 16.4. The minimum absolute atomic E-state index is 0.179. The largest absolute Gasteiger partial charge is 0.322 e. The number of carbonyl (C=O) groups excluding carboxylic acids is 1. The number of nitrogens with one attached hydrogen (secondary N) is 1. The van der Waals surface area contributed by atoms with Gasteiger partial charge in [0.1, 0.15) is 5.82 Å². The van der Waals surface area contributed by atoms with E-state index < -0.39 is 0 Å². The molecule has 0 bridgehead atoms. The van der Waals surface area contributed by atoms with Crippen LogP contribution in [0.15, 0.2) is 42.7 Å². The number of halogens is 1. The predicted molar refractivity (Wildman–Crippen MR) is 91.2 cm³/mol. The Labute approximate surface area is 141 Å². The van der Waals surface area contributed by atoms with E-state index in [1.165, 1.54) is 11.6 Å². The number of rotatable bonds is 3. The van der Waals surface area contributed by atoms with Crippen molar-refractivity contribution >= 4 is 11.7 Å². The van der Waals surface area contributed by atoms with Gasteiger partial charge in [0, 0.05) is 50.8 Å². The van der Waals surface area contributed by atoms with Crippen LogP contribution in [0.4, 0.5) is 14.9 Å². The predicted octanol–water partition coefficient (Wildman–Crippen LogP) is 2.88. The molecule has 6 heteroatoms. The maximum Gasteiger partial charge on any atom is 0.321 e. The van der Waals surface area contributed by atoms with Gasteiger partial charge in [-0.05, 0) is 42.3 Å². The molecule has 1 fully saturated rings. The van der Waals surface area contributed by atoms with Gasteiger partial charge in [0.05, 0.1) is 0 Å². The van der Waals surface area contributed by atoms with Crippen molar-refractivity contribution in [2.75, 3.05) is 31.5 Å². The molecule has 1 aliphatic rings. The lowest BCUT2D eigenvalue weighted by atomic mass is 10.2. The summed E-state index contributed by atoms with van der Waals surface area (Å²) >= 11 is 0. The summed E-state index contributed by atoms with van der Waals surface area (Å²) < 4.78 is 13.6. The van der Waals surface area contributed by atoms with Gasteiger partial charge in [-0.25, -0.2) is 9.18 Å². The summed E-state index contributed by atoms with van der Waals surface area (Å²) in [5.41, 5.74) is 2.28. The molecule has 0 radical (unpaired) electrons. The minimum Gasteiger partial charge on any atom is -0.322 e. The molecule has 2 amide bonds. The Morgan fingerprint density at radius 3 is 2.54 bits per heavy atom. The van der Waals surface area contributed by atoms with Crippen molar-refractivity contribution in [1.82, 2.24) is 14.8 Å². The fourth-order valence-corrected chi connectivity index (χ4v) is 2.73. The second-order valence-electron chi connectivity index (χ2n) is 6.01. The average molecular weight is 328 g/mol. The van der Waals surface area contributed by atoms with Crippen LogP contribution in [0.2, 0.25) is 0 Å². The quantitative estimate of drug-likeness (QED) is 0.942. The molecule has 1 aromatic heterocycles. The van der Waals surface area contributed by atoms with Gasteiger partial charge in [0.25, 0.3) is 0 Å². The summed E-state index contributed by atoms with van der Waals surface area (Å²) in [5, 5.41) is 2.76. The van der Waals surface area contributed by atoms with E-state index in [4.69, 9.17) is 0 Å². The van der Waals surface area contributed by atoms with Gasteiger partial charge in [0.15, 0.2) is 0 Å². The van der Waals surface area contributed by atoms with Crippen LogP contribution in [0.25, 0.3) is 0 Å². The van der Waals surface area contributed by atoms with Crippen LogP contribution in [0.3, 0.4) is 0 Å². The summed E-state index contributed by atoms with van der Waals surface area (Å²) in [6.07, 6.45) is 3.58. The normalized spacial score (nSPS) is 15.3. The number of amides is 2. The molecule has 2 aromatic rings. The number of piperazine rings is 1. The van der Waals surface area contributed by atoms with Gasteiger partial charge < -0.3 is 10.2 Å². The van der Waals surface area contributed by atoms with Gasteiger partial charge in [-0.3, -0.25) is 9.88 Å². The summed E-state index contributed by atoms with van der Waals surface area (Å²) in [6.45, 7) is 5.51. The van der Waals surface area contributed by atoms with E-state index in [0.717, 1.165) is 19.6 Å². The Morgan fingerprint density at radius 1 is 1.17 bits per heavy atom. The van der Waals surface area contributed by atoms with Crippen LogP contribution >= 0.6 is 0 Å². The number of aromatic nitrogens is 1. The maximum atomic E-state index is 13.6. The third kappa shape index (κ3) is 4.08. The second-order valence-corrected chi connectivity index (χ2v) is 6.01. The number of aryl methyl sites for hydroxylation is 1. The highest BCUT2D eigenvalue weighted by Crippen LogP contribution is 2.15. The van der Waals surface area contributed by atoms with E-state index in [1.54, 1.807) is 36.4 Å². The highest BCUT2D eigenvalue weighted by molar-refractivity contribution is 5.89. The maximum absolute atomic E-state index is 13.6. The van der Waals surface area contributed by atoms with Crippen LogP contribution in [-0.2, 0) is 6.54 Å². The molecule has 0 unspecified atom stereocenters. The minimum atomic E-state index is -0.310. The number of urea groups is 1. The highest BCUT2D eigenvalue weighted by Gasteiger charge is 2.21. The zero-order valence-electron chi connectivity index (χ0n) is 13.7. The molecule has 1 saturated heterocycles. The average Bonchev–Trinajstić information content (AvgIpc) is 2.60. The summed E-state index contributed by atoms with van der Waals surface area (Å²) in [7, 11) is 0. The van der Waals surface area contributed by atoms with Crippen molar-refractivity contribution < 1.29 is 9.18 Å². The van der Waals surface area contributed by atoms with E-state index in [-0.39, 0.29) is 11.8 Å². The highest BCUT2D eigenvalue weighted by atomic mass is 19.1. The molecule has 1 N–H and O–H groups in total. The number of hydrogen-bond acceptors (Lipinski definition) is 3. The summed E-state index contributed by atoms with van der Waals surface area (Å²) in [6, 6.07) is 8.57. The Balaban J connectivity index is 1.50. The van der Waals surface area contributed by atoms with Crippen LogP contribution < -0.4 is 5.32 Å². The lowest BCUT2D eigenvalue weighted by Gasteiger charge is -2.34. The van der Waals surface area contributed by atoms with E-state index in [1.807, 2.05) is 12.1 Å². The number of hydrogen-bond donors (Lipinski definition) is 1. The first-order valence-electron chi connectivity index (χ1n) is 8.05. The van der Waals surface area contributed by atoms with Gasteiger partial charge >= 0.3 is 6.03 Å². The fourth-order valence-electron chi connectivity index (χ4n) is 2.73. The standard InChI is InChI=1S/C18H21FN4O/c1-14-2-3-16(12-17(14)19)21-18(24)23-10-8-22(9-11-23)13-15-4-6-20-7-5-15/h2-7,12H,8-11,13H2,1H3,(H,21,24). The Bertz CT molecular complexity index is 699. The number of carbonyl (C=O) groups is 1. The van der Waals surface area contributed by atoms with Crippen LogP contribution in [0, 0.1) is 12.7 Å². The zero-order chi connectivity index (χ0) is 16.9. The first-order chi connectivity index (χ1) is 11.6. The summed E-state index contributed by atoms with van der Waals surface area (Å²) in [4.78, 5) is 20.4. The summed E-state index contributed by atoms with van der Waals surface area (Å²) in [5.74, 6) is -0.310. The third-order valence-corrected chi connectivity index (χ3v) is 4.24. The molecule has 0 atom stereocenters. The zero-order valence-corrected chi connectivity index (χ0v) is 13.7. The van der Waals surface area contributed by atoms with Gasteiger partial charge in [0.2, 0.25) is 0 Å². The van der Waals surface area contributed by atoms with Crippen molar-refractivity contribution in [3.63, 3.8) is 0 Å². The monoisotopic (exact) mass is 328 g/mol. The smallest absolute Gasteiger partial charge is 0.321 e. The van der Waals surface area contributed by atoms with E-state index in [9.17, 15) is 9.18 Å². The van der Waals surface area contributed by atoms with Crippen molar-refractivity contribution in [3.8, 4) is 0 Å². The number of benzene rings is 1. The Morgan fingerprint density at radius 2 is 1.88 bits per heavy atom. The molecule has 24 heavy (non-hydrogen) atoms. The molecule has 5 nitrogen and oxygen atoms in total. The van der Waals surface area contributed by atoms with Gasteiger partial charge in [-0.15, -0.1) is 0 Å².